The molecule has 140 valence electrons. The number of hydrogen-bond acceptors (Lipinski definition) is 5. The minimum Gasteiger partial charge on any atom is -0.376 e. The van der Waals surface area contributed by atoms with Crippen LogP contribution in [0.15, 0.2) is 24.4 Å². The second-order valence-corrected chi connectivity index (χ2v) is 7.34. The first kappa shape index (κ1) is 17.3. The zero-order valence-electron chi connectivity index (χ0n) is 15.0. The number of likely N-dealkylation sites (tertiary alicyclic amines) is 1. The number of ether oxygens (including phenoxy) is 1. The van der Waals surface area contributed by atoms with Gasteiger partial charge in [-0.1, -0.05) is 6.07 Å². The van der Waals surface area contributed by atoms with E-state index >= 15 is 0 Å². The second kappa shape index (κ2) is 7.61. The third kappa shape index (κ3) is 3.67. The predicted molar refractivity (Wildman–Crippen MR) is 96.7 cm³/mol. The molecule has 1 aromatic rings. The van der Waals surface area contributed by atoms with Crippen LogP contribution >= 0.6 is 0 Å². The van der Waals surface area contributed by atoms with Gasteiger partial charge in [-0.15, -0.1) is 0 Å². The van der Waals surface area contributed by atoms with Gasteiger partial charge >= 0.3 is 0 Å². The highest BCUT2D eigenvalue weighted by atomic mass is 16.5. The summed E-state index contributed by atoms with van der Waals surface area (Å²) in [5, 5.41) is 0. The highest BCUT2D eigenvalue weighted by Crippen LogP contribution is 2.24. The Bertz CT molecular complexity index is 639. The second-order valence-electron chi connectivity index (χ2n) is 7.34. The summed E-state index contributed by atoms with van der Waals surface area (Å²) < 4.78 is 5.63. The first-order chi connectivity index (χ1) is 12.7. The highest BCUT2D eigenvalue weighted by molar-refractivity contribution is 5.89. The van der Waals surface area contributed by atoms with Gasteiger partial charge in [0, 0.05) is 58.5 Å². The number of carbonyl (C=O) groups is 2. The normalized spacial score (nSPS) is 26.6. The molecule has 3 fully saturated rings. The van der Waals surface area contributed by atoms with E-state index < -0.39 is 0 Å². The zero-order chi connectivity index (χ0) is 17.9. The highest BCUT2D eigenvalue weighted by Gasteiger charge is 2.38. The van der Waals surface area contributed by atoms with Gasteiger partial charge in [-0.3, -0.25) is 9.59 Å². The van der Waals surface area contributed by atoms with Gasteiger partial charge in [0.05, 0.1) is 12.0 Å². The van der Waals surface area contributed by atoms with Crippen LogP contribution in [0.1, 0.15) is 19.3 Å². The summed E-state index contributed by atoms with van der Waals surface area (Å²) in [5.74, 6) is 0.962. The first-order valence-electron chi connectivity index (χ1n) is 9.55. The van der Waals surface area contributed by atoms with E-state index in [9.17, 15) is 9.59 Å². The molecule has 2 unspecified atom stereocenters. The quantitative estimate of drug-likeness (QED) is 0.795. The van der Waals surface area contributed by atoms with Crippen molar-refractivity contribution in [2.75, 3.05) is 50.8 Å². The predicted octanol–water partition coefficient (Wildman–Crippen LogP) is 0.758. The molecular weight excluding hydrogens is 332 g/mol. The Balaban J connectivity index is 1.29. The van der Waals surface area contributed by atoms with E-state index in [0.717, 1.165) is 38.4 Å². The SMILES string of the molecule is O=C1CC(C(=O)N2CCN(c3ccccn3)CC2)CN1CC1CCCO1. The average molecular weight is 358 g/mol. The van der Waals surface area contributed by atoms with Gasteiger partial charge in [0.25, 0.3) is 0 Å². The monoisotopic (exact) mass is 358 g/mol. The lowest BCUT2D eigenvalue weighted by Gasteiger charge is -2.36. The van der Waals surface area contributed by atoms with E-state index in [1.807, 2.05) is 28.0 Å². The van der Waals surface area contributed by atoms with Crippen LogP contribution in [0, 0.1) is 5.92 Å². The van der Waals surface area contributed by atoms with E-state index in [1.54, 1.807) is 6.20 Å². The molecule has 3 aliphatic rings. The van der Waals surface area contributed by atoms with Crippen molar-refractivity contribution in [3.63, 3.8) is 0 Å². The summed E-state index contributed by atoms with van der Waals surface area (Å²) in [6.45, 7) is 4.90. The Hall–Kier alpha value is -2.15. The number of carbonyl (C=O) groups excluding carboxylic acids is 2. The molecule has 0 N–H and O–H groups in total. The van der Waals surface area contributed by atoms with E-state index in [2.05, 4.69) is 9.88 Å². The van der Waals surface area contributed by atoms with E-state index in [-0.39, 0.29) is 23.8 Å². The van der Waals surface area contributed by atoms with Crippen molar-refractivity contribution in [2.45, 2.75) is 25.4 Å². The molecule has 0 aromatic carbocycles. The largest absolute Gasteiger partial charge is 0.376 e. The first-order valence-corrected chi connectivity index (χ1v) is 9.55. The van der Waals surface area contributed by atoms with Crippen LogP contribution in [0.3, 0.4) is 0 Å². The van der Waals surface area contributed by atoms with Crippen molar-refractivity contribution in [3.8, 4) is 0 Å². The van der Waals surface area contributed by atoms with Crippen LogP contribution in [0.25, 0.3) is 0 Å². The maximum atomic E-state index is 12.9. The molecule has 1 aromatic heterocycles. The number of anilines is 1. The van der Waals surface area contributed by atoms with Gasteiger partial charge < -0.3 is 19.4 Å². The zero-order valence-corrected chi connectivity index (χ0v) is 15.0. The van der Waals surface area contributed by atoms with Crippen LogP contribution < -0.4 is 4.90 Å². The molecule has 2 atom stereocenters. The van der Waals surface area contributed by atoms with Crippen LogP contribution in [-0.4, -0.2) is 78.6 Å². The van der Waals surface area contributed by atoms with Crippen molar-refractivity contribution < 1.29 is 14.3 Å². The van der Waals surface area contributed by atoms with Crippen LogP contribution in [0.2, 0.25) is 0 Å². The molecular formula is C19H26N4O3. The minimum absolute atomic E-state index is 0.0889. The van der Waals surface area contributed by atoms with Crippen molar-refractivity contribution in [1.29, 1.82) is 0 Å². The van der Waals surface area contributed by atoms with Gasteiger partial charge in [0.2, 0.25) is 11.8 Å². The molecule has 4 rings (SSSR count). The molecule has 7 nitrogen and oxygen atoms in total. The maximum Gasteiger partial charge on any atom is 0.228 e. The summed E-state index contributed by atoms with van der Waals surface area (Å²) in [6, 6.07) is 5.88. The lowest BCUT2D eigenvalue weighted by Crippen LogP contribution is -2.51. The molecule has 0 aliphatic carbocycles. The molecule has 2 amide bonds. The summed E-state index contributed by atoms with van der Waals surface area (Å²) in [7, 11) is 0. The molecule has 0 spiro atoms. The van der Waals surface area contributed by atoms with Gasteiger partial charge in [0.1, 0.15) is 5.82 Å². The Kier molecular flexibility index (Phi) is 5.06. The minimum atomic E-state index is -0.203. The van der Waals surface area contributed by atoms with Crippen LogP contribution in [0.4, 0.5) is 5.82 Å². The van der Waals surface area contributed by atoms with Gasteiger partial charge in [-0.05, 0) is 25.0 Å². The van der Waals surface area contributed by atoms with Crippen molar-refractivity contribution in [2.24, 2.45) is 5.92 Å². The fraction of sp³-hybridized carbons (Fsp3) is 0.632. The molecule has 0 bridgehead atoms. The molecule has 3 saturated heterocycles. The average Bonchev–Trinajstić information content (AvgIpc) is 3.32. The Morgan fingerprint density at radius 1 is 1.23 bits per heavy atom. The number of rotatable bonds is 4. The van der Waals surface area contributed by atoms with Crippen molar-refractivity contribution in [3.05, 3.63) is 24.4 Å². The Morgan fingerprint density at radius 2 is 2.08 bits per heavy atom. The van der Waals surface area contributed by atoms with Crippen molar-refractivity contribution in [1.82, 2.24) is 14.8 Å². The topological polar surface area (TPSA) is 66.0 Å². The summed E-state index contributed by atoms with van der Waals surface area (Å²) in [5.41, 5.74) is 0. The van der Waals surface area contributed by atoms with E-state index in [4.69, 9.17) is 4.74 Å². The molecule has 3 aliphatic heterocycles. The van der Waals surface area contributed by atoms with E-state index in [0.29, 0.717) is 32.6 Å². The van der Waals surface area contributed by atoms with Crippen molar-refractivity contribution >= 4 is 17.6 Å². The third-order valence-electron chi connectivity index (χ3n) is 5.58. The summed E-state index contributed by atoms with van der Waals surface area (Å²) >= 11 is 0. The lowest BCUT2D eigenvalue weighted by atomic mass is 10.1. The fourth-order valence-electron chi connectivity index (χ4n) is 4.10. The number of aromatic nitrogens is 1. The number of hydrogen-bond donors (Lipinski definition) is 0. The standard InChI is InChI=1S/C19H26N4O3/c24-18-12-15(13-23(18)14-16-4-3-11-26-16)19(25)22-9-7-21(8-10-22)17-5-1-2-6-20-17/h1-2,5-6,15-16H,3-4,7-14H2. The molecule has 0 saturated carbocycles. The number of piperazine rings is 1. The number of amides is 2. The molecule has 26 heavy (non-hydrogen) atoms. The summed E-state index contributed by atoms with van der Waals surface area (Å²) in [6.07, 6.45) is 4.36. The van der Waals surface area contributed by atoms with Crippen LogP contribution in [-0.2, 0) is 14.3 Å². The maximum absolute atomic E-state index is 12.9. The molecule has 4 heterocycles. The Labute approximate surface area is 153 Å². The molecule has 7 heteroatoms. The molecule has 0 radical (unpaired) electrons. The smallest absolute Gasteiger partial charge is 0.228 e. The summed E-state index contributed by atoms with van der Waals surface area (Å²) in [4.78, 5) is 35.4. The van der Waals surface area contributed by atoms with Crippen LogP contribution in [0.5, 0.6) is 0 Å². The lowest BCUT2D eigenvalue weighted by molar-refractivity contribution is -0.136. The number of nitrogens with zero attached hydrogens (tertiary/aromatic N) is 4. The third-order valence-corrected chi connectivity index (χ3v) is 5.58. The van der Waals surface area contributed by atoms with Gasteiger partial charge in [-0.2, -0.15) is 0 Å². The van der Waals surface area contributed by atoms with E-state index in [1.165, 1.54) is 0 Å². The van der Waals surface area contributed by atoms with Gasteiger partial charge in [-0.25, -0.2) is 4.98 Å². The number of pyridine rings is 1. The Morgan fingerprint density at radius 3 is 2.77 bits per heavy atom. The fourth-order valence-corrected chi connectivity index (χ4v) is 4.10. The van der Waals surface area contributed by atoms with Gasteiger partial charge in [0.15, 0.2) is 0 Å².